The fourth-order valence-corrected chi connectivity index (χ4v) is 0.991. The maximum Gasteiger partial charge on any atom is 0.118 e. The number of anilines is 1. The summed E-state index contributed by atoms with van der Waals surface area (Å²) in [6.07, 6.45) is 1.67. The zero-order valence-corrected chi connectivity index (χ0v) is 7.64. The first-order valence-electron chi connectivity index (χ1n) is 4.04. The van der Waals surface area contributed by atoms with Crippen LogP contribution in [-0.4, -0.2) is 6.21 Å². The van der Waals surface area contributed by atoms with Gasteiger partial charge in [-0.05, 0) is 19.1 Å². The minimum atomic E-state index is 0.407. The smallest absolute Gasteiger partial charge is 0.118 e. The van der Waals surface area contributed by atoms with E-state index in [1.54, 1.807) is 11.2 Å². The predicted octanol–water partition coefficient (Wildman–Crippen LogP) is 1.93. The Labute approximate surface area is 78.2 Å². The van der Waals surface area contributed by atoms with Crippen molar-refractivity contribution in [1.29, 1.82) is 0 Å². The predicted molar refractivity (Wildman–Crippen MR) is 56.4 cm³/mol. The van der Waals surface area contributed by atoms with Crippen molar-refractivity contribution in [2.45, 2.75) is 6.92 Å². The van der Waals surface area contributed by atoms with Gasteiger partial charge < -0.3 is 5.73 Å². The molecule has 0 radical (unpaired) electrons. The molecule has 0 bridgehead atoms. The van der Waals surface area contributed by atoms with Crippen molar-refractivity contribution in [3.63, 3.8) is 0 Å². The van der Waals surface area contributed by atoms with Gasteiger partial charge in [0, 0.05) is 6.21 Å². The lowest BCUT2D eigenvalue weighted by atomic mass is 10.3. The van der Waals surface area contributed by atoms with E-state index in [0.29, 0.717) is 5.82 Å². The number of hydrogen-bond donors (Lipinski definition) is 1. The van der Waals surface area contributed by atoms with E-state index in [2.05, 4.69) is 11.7 Å². The zero-order valence-electron chi connectivity index (χ0n) is 7.64. The van der Waals surface area contributed by atoms with E-state index in [0.717, 1.165) is 5.69 Å². The van der Waals surface area contributed by atoms with Crippen LogP contribution in [0.3, 0.4) is 0 Å². The largest absolute Gasteiger partial charge is 0.384 e. The maximum absolute atomic E-state index is 5.57. The molecule has 1 rings (SSSR count). The molecule has 2 N–H and O–H groups in total. The van der Waals surface area contributed by atoms with Crippen molar-refractivity contribution < 1.29 is 0 Å². The van der Waals surface area contributed by atoms with E-state index in [1.807, 2.05) is 37.3 Å². The SMILES string of the molecule is C=C(N)N(/N=C/C)c1ccccc1. The van der Waals surface area contributed by atoms with Crippen LogP contribution < -0.4 is 10.7 Å². The highest BCUT2D eigenvalue weighted by atomic mass is 15.5. The highest BCUT2D eigenvalue weighted by molar-refractivity contribution is 5.59. The van der Waals surface area contributed by atoms with E-state index in [1.165, 1.54) is 0 Å². The van der Waals surface area contributed by atoms with Gasteiger partial charge in [0.2, 0.25) is 0 Å². The van der Waals surface area contributed by atoms with Gasteiger partial charge in [0.05, 0.1) is 5.69 Å². The second-order valence-electron chi connectivity index (χ2n) is 2.51. The lowest BCUT2D eigenvalue weighted by Crippen LogP contribution is -2.20. The Morgan fingerprint density at radius 3 is 2.54 bits per heavy atom. The Morgan fingerprint density at radius 1 is 1.46 bits per heavy atom. The highest BCUT2D eigenvalue weighted by Crippen LogP contribution is 2.15. The van der Waals surface area contributed by atoms with Crippen LogP contribution in [0, 0.1) is 0 Å². The number of para-hydroxylation sites is 1. The van der Waals surface area contributed by atoms with Gasteiger partial charge in [0.25, 0.3) is 0 Å². The lowest BCUT2D eigenvalue weighted by Gasteiger charge is -2.17. The first-order valence-corrected chi connectivity index (χ1v) is 4.04. The summed E-state index contributed by atoms with van der Waals surface area (Å²) in [6.45, 7) is 5.47. The number of hydrogen-bond acceptors (Lipinski definition) is 3. The van der Waals surface area contributed by atoms with E-state index in [-0.39, 0.29) is 0 Å². The summed E-state index contributed by atoms with van der Waals surface area (Å²) < 4.78 is 0. The number of nitrogens with zero attached hydrogens (tertiary/aromatic N) is 2. The Bertz CT molecular complexity index is 303. The molecule has 68 valence electrons. The molecule has 13 heavy (non-hydrogen) atoms. The maximum atomic E-state index is 5.57. The van der Waals surface area contributed by atoms with Crippen LogP contribution in [0.1, 0.15) is 6.92 Å². The molecule has 1 aromatic rings. The topological polar surface area (TPSA) is 41.6 Å². The van der Waals surface area contributed by atoms with Gasteiger partial charge in [-0.15, -0.1) is 0 Å². The molecule has 0 atom stereocenters. The van der Waals surface area contributed by atoms with Crippen LogP contribution in [0.4, 0.5) is 5.69 Å². The van der Waals surface area contributed by atoms with Gasteiger partial charge in [-0.2, -0.15) is 5.10 Å². The third-order valence-electron chi connectivity index (χ3n) is 1.50. The first kappa shape index (κ1) is 9.32. The number of nitrogens with two attached hydrogens (primary N) is 1. The molecule has 0 heterocycles. The highest BCUT2D eigenvalue weighted by Gasteiger charge is 2.02. The van der Waals surface area contributed by atoms with E-state index < -0.39 is 0 Å². The summed E-state index contributed by atoms with van der Waals surface area (Å²) in [5.74, 6) is 0.407. The molecule has 0 saturated carbocycles. The lowest BCUT2D eigenvalue weighted by molar-refractivity contribution is 0.986. The second-order valence-corrected chi connectivity index (χ2v) is 2.51. The fourth-order valence-electron chi connectivity index (χ4n) is 0.991. The Balaban J connectivity index is 2.96. The standard InChI is InChI=1S/C10H13N3/c1-3-12-13(9(2)11)10-7-5-4-6-8-10/h3-8H,2,11H2,1H3/b12-3+. The van der Waals surface area contributed by atoms with Gasteiger partial charge in [0.15, 0.2) is 0 Å². The second kappa shape index (κ2) is 4.30. The first-order chi connectivity index (χ1) is 6.25. The quantitative estimate of drug-likeness (QED) is 0.563. The van der Waals surface area contributed by atoms with Gasteiger partial charge >= 0.3 is 0 Å². The van der Waals surface area contributed by atoms with Crippen molar-refractivity contribution in [3.8, 4) is 0 Å². The molecule has 0 amide bonds. The van der Waals surface area contributed by atoms with Crippen LogP contribution in [0.2, 0.25) is 0 Å². The molecule has 3 heteroatoms. The van der Waals surface area contributed by atoms with Crippen molar-refractivity contribution in [2.75, 3.05) is 5.01 Å². The van der Waals surface area contributed by atoms with Crippen molar-refractivity contribution in [1.82, 2.24) is 0 Å². The summed E-state index contributed by atoms with van der Waals surface area (Å²) in [6, 6.07) is 9.64. The Kier molecular flexibility index (Phi) is 3.09. The molecule has 0 aromatic heterocycles. The number of rotatable bonds is 3. The molecular weight excluding hydrogens is 162 g/mol. The minimum Gasteiger partial charge on any atom is -0.384 e. The summed E-state index contributed by atoms with van der Waals surface area (Å²) in [4.78, 5) is 0. The number of hydrazone groups is 1. The van der Waals surface area contributed by atoms with Crippen molar-refractivity contribution >= 4 is 11.9 Å². The van der Waals surface area contributed by atoms with Crippen molar-refractivity contribution in [2.24, 2.45) is 10.8 Å². The minimum absolute atomic E-state index is 0.407. The summed E-state index contributed by atoms with van der Waals surface area (Å²) in [5.41, 5.74) is 6.48. The summed E-state index contributed by atoms with van der Waals surface area (Å²) >= 11 is 0. The molecule has 1 aromatic carbocycles. The van der Waals surface area contributed by atoms with Crippen LogP contribution in [-0.2, 0) is 0 Å². The molecule has 0 aliphatic heterocycles. The molecule has 0 aliphatic carbocycles. The van der Waals surface area contributed by atoms with Crippen LogP contribution >= 0.6 is 0 Å². The molecule has 0 aliphatic rings. The van der Waals surface area contributed by atoms with Crippen LogP contribution in [0.5, 0.6) is 0 Å². The van der Waals surface area contributed by atoms with Crippen LogP contribution in [0.25, 0.3) is 0 Å². The molecule has 0 saturated heterocycles. The Hall–Kier alpha value is -1.77. The molecular formula is C10H13N3. The average Bonchev–Trinajstić information content (AvgIpc) is 2.15. The van der Waals surface area contributed by atoms with Gasteiger partial charge in [-0.3, -0.25) is 0 Å². The monoisotopic (exact) mass is 175 g/mol. The Morgan fingerprint density at radius 2 is 2.08 bits per heavy atom. The molecule has 3 nitrogen and oxygen atoms in total. The van der Waals surface area contributed by atoms with Crippen LogP contribution in [0.15, 0.2) is 47.8 Å². The van der Waals surface area contributed by atoms with Gasteiger partial charge in [0.1, 0.15) is 5.82 Å². The van der Waals surface area contributed by atoms with Gasteiger partial charge in [-0.1, -0.05) is 24.8 Å². The van der Waals surface area contributed by atoms with E-state index in [4.69, 9.17) is 5.73 Å². The molecule has 0 fully saturated rings. The fraction of sp³-hybridized carbons (Fsp3) is 0.100. The zero-order chi connectivity index (χ0) is 9.68. The molecule has 0 spiro atoms. The van der Waals surface area contributed by atoms with E-state index >= 15 is 0 Å². The number of benzene rings is 1. The average molecular weight is 175 g/mol. The third-order valence-corrected chi connectivity index (χ3v) is 1.50. The third kappa shape index (κ3) is 2.33. The van der Waals surface area contributed by atoms with E-state index in [9.17, 15) is 0 Å². The van der Waals surface area contributed by atoms with Gasteiger partial charge in [-0.25, -0.2) is 5.01 Å². The summed E-state index contributed by atoms with van der Waals surface area (Å²) in [7, 11) is 0. The van der Waals surface area contributed by atoms with Crippen molar-refractivity contribution in [3.05, 3.63) is 42.7 Å². The molecule has 0 unspecified atom stereocenters. The summed E-state index contributed by atoms with van der Waals surface area (Å²) in [5, 5.41) is 5.66. The normalized spacial score (nSPS) is 10.2.